The molecule has 0 aliphatic rings. The van der Waals surface area contributed by atoms with Crippen LogP contribution in [0.15, 0.2) is 18.6 Å². The predicted molar refractivity (Wildman–Crippen MR) is 76.2 cm³/mol. The van der Waals surface area contributed by atoms with Crippen LogP contribution in [0.3, 0.4) is 0 Å². The fourth-order valence-electron chi connectivity index (χ4n) is 2.20. The van der Waals surface area contributed by atoms with Crippen molar-refractivity contribution in [2.24, 2.45) is 0 Å². The maximum atomic E-state index is 4.47. The summed E-state index contributed by atoms with van der Waals surface area (Å²) in [4.78, 5) is 4.44. The van der Waals surface area contributed by atoms with E-state index in [1.165, 1.54) is 5.69 Å². The Morgan fingerprint density at radius 1 is 1.32 bits per heavy atom. The lowest BCUT2D eigenvalue weighted by atomic mass is 10.3. The van der Waals surface area contributed by atoms with E-state index in [1.54, 1.807) is 0 Å². The second-order valence-corrected chi connectivity index (χ2v) is 4.73. The first kappa shape index (κ1) is 13.8. The number of nitrogens with one attached hydrogen (secondary N) is 1. The standard InChI is InChI=1S/C14H23N5/c1-4-15-7-6-13-9-18(11-16-13)10-14-8-12(3)17-19(14)5-2/h8-9,11,15H,4-7,10H2,1-3H3. The van der Waals surface area contributed by atoms with E-state index in [9.17, 15) is 0 Å². The maximum Gasteiger partial charge on any atom is 0.0953 e. The predicted octanol–water partition coefficient (Wildman–Crippen LogP) is 1.61. The molecule has 104 valence electrons. The number of hydrogen-bond donors (Lipinski definition) is 1. The molecule has 0 amide bonds. The summed E-state index contributed by atoms with van der Waals surface area (Å²) in [5.74, 6) is 0. The summed E-state index contributed by atoms with van der Waals surface area (Å²) >= 11 is 0. The van der Waals surface area contributed by atoms with Gasteiger partial charge in [-0.25, -0.2) is 4.98 Å². The Kier molecular flexibility index (Phi) is 4.74. The van der Waals surface area contributed by atoms with Crippen LogP contribution in [0.25, 0.3) is 0 Å². The Hall–Kier alpha value is -1.62. The van der Waals surface area contributed by atoms with Gasteiger partial charge in [0.2, 0.25) is 0 Å². The zero-order valence-electron chi connectivity index (χ0n) is 12.1. The molecule has 0 aliphatic carbocycles. The van der Waals surface area contributed by atoms with E-state index in [4.69, 9.17) is 0 Å². The van der Waals surface area contributed by atoms with E-state index in [0.29, 0.717) is 0 Å². The van der Waals surface area contributed by atoms with Gasteiger partial charge in [0.1, 0.15) is 0 Å². The molecule has 0 spiro atoms. The van der Waals surface area contributed by atoms with Crippen molar-refractivity contribution in [3.05, 3.63) is 35.7 Å². The van der Waals surface area contributed by atoms with E-state index in [-0.39, 0.29) is 0 Å². The van der Waals surface area contributed by atoms with E-state index in [0.717, 1.165) is 44.0 Å². The molecule has 2 rings (SSSR count). The number of rotatable bonds is 7. The molecule has 0 bridgehead atoms. The monoisotopic (exact) mass is 261 g/mol. The lowest BCUT2D eigenvalue weighted by molar-refractivity contribution is 0.597. The fourth-order valence-corrected chi connectivity index (χ4v) is 2.20. The molecule has 0 radical (unpaired) electrons. The maximum absolute atomic E-state index is 4.47. The van der Waals surface area contributed by atoms with Crippen molar-refractivity contribution in [3.63, 3.8) is 0 Å². The lowest BCUT2D eigenvalue weighted by Crippen LogP contribution is -2.16. The molecule has 1 N–H and O–H groups in total. The van der Waals surface area contributed by atoms with Gasteiger partial charge >= 0.3 is 0 Å². The Balaban J connectivity index is 1.99. The van der Waals surface area contributed by atoms with Gasteiger partial charge in [-0.3, -0.25) is 4.68 Å². The number of imidazole rings is 1. The van der Waals surface area contributed by atoms with E-state index >= 15 is 0 Å². The molecule has 0 saturated carbocycles. The smallest absolute Gasteiger partial charge is 0.0953 e. The normalized spacial score (nSPS) is 11.1. The molecular weight excluding hydrogens is 238 g/mol. The van der Waals surface area contributed by atoms with Gasteiger partial charge in [-0.1, -0.05) is 6.92 Å². The van der Waals surface area contributed by atoms with E-state index in [1.807, 2.05) is 17.9 Å². The molecule has 5 nitrogen and oxygen atoms in total. The van der Waals surface area contributed by atoms with Gasteiger partial charge < -0.3 is 9.88 Å². The van der Waals surface area contributed by atoms with Gasteiger partial charge in [-0.2, -0.15) is 5.10 Å². The first-order valence-electron chi connectivity index (χ1n) is 6.97. The second kappa shape index (κ2) is 6.52. The summed E-state index contributed by atoms with van der Waals surface area (Å²) in [6.45, 7) is 10.0. The van der Waals surface area contributed by atoms with Crippen LogP contribution in [-0.2, 0) is 19.5 Å². The topological polar surface area (TPSA) is 47.7 Å². The highest BCUT2D eigenvalue weighted by Gasteiger charge is 2.05. The molecule has 5 heteroatoms. The number of hydrogen-bond acceptors (Lipinski definition) is 3. The number of likely N-dealkylation sites (N-methyl/N-ethyl adjacent to an activating group) is 1. The first-order chi connectivity index (χ1) is 9.22. The van der Waals surface area contributed by atoms with Crippen molar-refractivity contribution in [1.82, 2.24) is 24.6 Å². The third-order valence-electron chi connectivity index (χ3n) is 3.12. The molecule has 0 aliphatic heterocycles. The summed E-state index contributed by atoms with van der Waals surface area (Å²) in [7, 11) is 0. The Morgan fingerprint density at radius 2 is 2.16 bits per heavy atom. The highest BCUT2D eigenvalue weighted by Crippen LogP contribution is 2.07. The molecule has 2 aromatic heterocycles. The minimum absolute atomic E-state index is 0.836. The molecule has 0 unspecified atom stereocenters. The van der Waals surface area contributed by atoms with Crippen molar-refractivity contribution >= 4 is 0 Å². The van der Waals surface area contributed by atoms with Gasteiger partial charge in [0.25, 0.3) is 0 Å². The largest absolute Gasteiger partial charge is 0.331 e. The number of aromatic nitrogens is 4. The fraction of sp³-hybridized carbons (Fsp3) is 0.571. The van der Waals surface area contributed by atoms with Crippen LogP contribution in [0.2, 0.25) is 0 Å². The van der Waals surface area contributed by atoms with Crippen LogP contribution in [0.1, 0.15) is 30.9 Å². The molecule has 0 aromatic carbocycles. The summed E-state index contributed by atoms with van der Waals surface area (Å²) in [6, 6.07) is 2.14. The van der Waals surface area contributed by atoms with Crippen molar-refractivity contribution in [1.29, 1.82) is 0 Å². The second-order valence-electron chi connectivity index (χ2n) is 4.73. The van der Waals surface area contributed by atoms with Crippen LogP contribution in [0.4, 0.5) is 0 Å². The average Bonchev–Trinajstić information content (AvgIpc) is 2.97. The molecule has 0 fully saturated rings. The Morgan fingerprint density at radius 3 is 2.89 bits per heavy atom. The van der Waals surface area contributed by atoms with E-state index in [2.05, 4.69) is 46.1 Å². The molecular formula is C14H23N5. The molecule has 2 heterocycles. The minimum Gasteiger partial charge on any atom is -0.331 e. The van der Waals surface area contributed by atoms with Crippen molar-refractivity contribution in [2.45, 2.75) is 40.3 Å². The average molecular weight is 261 g/mol. The number of aryl methyl sites for hydroxylation is 2. The highest BCUT2D eigenvalue weighted by atomic mass is 15.3. The van der Waals surface area contributed by atoms with Crippen molar-refractivity contribution in [2.75, 3.05) is 13.1 Å². The number of nitrogens with zero attached hydrogens (tertiary/aromatic N) is 4. The summed E-state index contributed by atoms with van der Waals surface area (Å²) in [6.07, 6.45) is 5.01. The van der Waals surface area contributed by atoms with Crippen LogP contribution in [-0.4, -0.2) is 32.4 Å². The quantitative estimate of drug-likeness (QED) is 0.770. The third kappa shape index (κ3) is 3.67. The molecule has 2 aromatic rings. The summed E-state index contributed by atoms with van der Waals surface area (Å²) in [5.41, 5.74) is 3.44. The molecule has 0 saturated heterocycles. The van der Waals surface area contributed by atoms with Gasteiger partial charge in [0.15, 0.2) is 0 Å². The minimum atomic E-state index is 0.836. The SMILES string of the molecule is CCNCCc1cn(Cc2cc(C)nn2CC)cn1. The van der Waals surface area contributed by atoms with Crippen molar-refractivity contribution in [3.8, 4) is 0 Å². The van der Waals surface area contributed by atoms with Gasteiger partial charge in [0, 0.05) is 25.7 Å². The Bertz CT molecular complexity index is 512. The Labute approximate surface area is 114 Å². The van der Waals surface area contributed by atoms with Crippen LogP contribution in [0, 0.1) is 6.92 Å². The van der Waals surface area contributed by atoms with Gasteiger partial charge in [0.05, 0.1) is 30.0 Å². The van der Waals surface area contributed by atoms with E-state index < -0.39 is 0 Å². The van der Waals surface area contributed by atoms with Gasteiger partial charge in [-0.05, 0) is 26.5 Å². The molecule has 19 heavy (non-hydrogen) atoms. The highest BCUT2D eigenvalue weighted by molar-refractivity contribution is 5.10. The summed E-state index contributed by atoms with van der Waals surface area (Å²) in [5, 5.41) is 7.78. The molecule has 0 atom stereocenters. The third-order valence-corrected chi connectivity index (χ3v) is 3.12. The van der Waals surface area contributed by atoms with Crippen molar-refractivity contribution < 1.29 is 0 Å². The van der Waals surface area contributed by atoms with Crippen LogP contribution in [0.5, 0.6) is 0 Å². The van der Waals surface area contributed by atoms with Crippen LogP contribution < -0.4 is 5.32 Å². The lowest BCUT2D eigenvalue weighted by Gasteiger charge is -2.04. The summed E-state index contributed by atoms with van der Waals surface area (Å²) < 4.78 is 4.18. The first-order valence-corrected chi connectivity index (χ1v) is 6.97. The van der Waals surface area contributed by atoms with Gasteiger partial charge in [-0.15, -0.1) is 0 Å². The van der Waals surface area contributed by atoms with Crippen LogP contribution >= 0.6 is 0 Å². The zero-order chi connectivity index (χ0) is 13.7. The zero-order valence-corrected chi connectivity index (χ0v) is 12.1.